The monoisotopic (exact) mass is 421 g/mol. The third-order valence-electron chi connectivity index (χ3n) is 5.17. The van der Waals surface area contributed by atoms with Crippen molar-refractivity contribution in [3.8, 4) is 0 Å². The number of alkyl halides is 2. The van der Waals surface area contributed by atoms with Crippen LogP contribution in [-0.4, -0.2) is 39.2 Å². The second kappa shape index (κ2) is 11.0. The van der Waals surface area contributed by atoms with Crippen LogP contribution in [0.2, 0.25) is 0 Å². The number of halogens is 2. The lowest BCUT2D eigenvalue weighted by Crippen LogP contribution is -2.31. The fraction of sp³-hybridized carbons (Fsp3) is 0.591. The zero-order chi connectivity index (χ0) is 22.3. The van der Waals surface area contributed by atoms with Crippen LogP contribution in [0, 0.1) is 0 Å². The number of carbonyl (C=O) groups is 1. The molecule has 0 bridgehead atoms. The summed E-state index contributed by atoms with van der Waals surface area (Å²) >= 11 is 0. The Balaban J connectivity index is 0.000000757. The Hall–Kier alpha value is -2.51. The Morgan fingerprint density at radius 1 is 1.17 bits per heavy atom. The third-order valence-corrected chi connectivity index (χ3v) is 5.17. The molecule has 166 valence electrons. The number of nitrogens with zero attached hydrogens (tertiary/aromatic N) is 5. The predicted octanol–water partition coefficient (Wildman–Crippen LogP) is 4.89. The Bertz CT molecular complexity index is 837. The van der Waals surface area contributed by atoms with E-state index in [-0.39, 0.29) is 5.69 Å². The first-order valence-electron chi connectivity index (χ1n) is 10.9. The SMILES string of the molecule is CC.CC.CCn1nc(N2CCCc3cnc(C(F)F)cc32)c2c1CCN(C=O)C2. The Kier molecular flexibility index (Phi) is 8.74. The highest BCUT2D eigenvalue weighted by Gasteiger charge is 2.30. The van der Waals surface area contributed by atoms with Crippen LogP contribution in [0.4, 0.5) is 20.3 Å². The molecule has 0 atom stereocenters. The van der Waals surface area contributed by atoms with Gasteiger partial charge >= 0.3 is 0 Å². The summed E-state index contributed by atoms with van der Waals surface area (Å²) in [6.07, 6.45) is 2.31. The summed E-state index contributed by atoms with van der Waals surface area (Å²) in [5.74, 6) is 0.778. The zero-order valence-electron chi connectivity index (χ0n) is 18.7. The van der Waals surface area contributed by atoms with Crippen molar-refractivity contribution in [2.45, 2.75) is 73.4 Å². The summed E-state index contributed by atoms with van der Waals surface area (Å²) in [5, 5.41) is 4.77. The number of carbonyl (C=O) groups excluding carboxylic acids is 1. The maximum atomic E-state index is 13.1. The summed E-state index contributed by atoms with van der Waals surface area (Å²) in [4.78, 5) is 18.9. The zero-order valence-corrected chi connectivity index (χ0v) is 18.7. The van der Waals surface area contributed by atoms with Crippen LogP contribution in [0.25, 0.3) is 0 Å². The number of hydrogen-bond acceptors (Lipinski definition) is 4. The number of rotatable bonds is 4. The van der Waals surface area contributed by atoms with Crippen LogP contribution in [0.3, 0.4) is 0 Å². The van der Waals surface area contributed by atoms with Crippen LogP contribution in [0.15, 0.2) is 12.3 Å². The van der Waals surface area contributed by atoms with Crippen LogP contribution in [-0.2, 0) is 30.7 Å². The first-order valence-corrected chi connectivity index (χ1v) is 10.9. The van der Waals surface area contributed by atoms with Crippen LogP contribution >= 0.6 is 0 Å². The van der Waals surface area contributed by atoms with Gasteiger partial charge in [-0.2, -0.15) is 5.10 Å². The molecule has 30 heavy (non-hydrogen) atoms. The molecule has 4 rings (SSSR count). The molecule has 4 heterocycles. The second-order valence-electron chi connectivity index (χ2n) is 6.68. The Morgan fingerprint density at radius 2 is 1.90 bits per heavy atom. The number of pyridine rings is 1. The van der Waals surface area contributed by atoms with Gasteiger partial charge in [0.2, 0.25) is 6.41 Å². The molecular weight excluding hydrogens is 388 g/mol. The standard InChI is InChI=1S/C18H21F2N5O.2C2H6/c1-2-25-15-5-7-23(11-26)10-13(15)18(22-25)24-6-3-4-12-9-21-14(17(19)20)8-16(12)24;2*1-2/h8-9,11,17H,2-7,10H2,1H3;2*1-2H3. The van der Waals surface area contributed by atoms with E-state index in [1.807, 2.05) is 44.2 Å². The van der Waals surface area contributed by atoms with Gasteiger partial charge in [0.1, 0.15) is 5.69 Å². The van der Waals surface area contributed by atoms with Crippen LogP contribution in [0.5, 0.6) is 0 Å². The lowest BCUT2D eigenvalue weighted by molar-refractivity contribution is -0.118. The first kappa shape index (κ1) is 23.8. The van der Waals surface area contributed by atoms with Crippen molar-refractivity contribution in [1.29, 1.82) is 0 Å². The lowest BCUT2D eigenvalue weighted by Gasteiger charge is -2.32. The molecule has 6 nitrogen and oxygen atoms in total. The lowest BCUT2D eigenvalue weighted by atomic mass is 10.0. The fourth-order valence-electron chi connectivity index (χ4n) is 3.88. The summed E-state index contributed by atoms with van der Waals surface area (Å²) < 4.78 is 28.3. The van der Waals surface area contributed by atoms with Gasteiger partial charge in [0.05, 0.1) is 6.54 Å². The van der Waals surface area contributed by atoms with Gasteiger partial charge in [-0.3, -0.25) is 14.5 Å². The third kappa shape index (κ3) is 4.63. The molecule has 0 spiro atoms. The molecule has 1 amide bonds. The largest absolute Gasteiger partial charge is 0.340 e. The van der Waals surface area contributed by atoms with Gasteiger partial charge in [0, 0.05) is 49.2 Å². The highest BCUT2D eigenvalue weighted by molar-refractivity contribution is 5.69. The maximum Gasteiger partial charge on any atom is 0.280 e. The van der Waals surface area contributed by atoms with Crippen molar-refractivity contribution < 1.29 is 13.6 Å². The quantitative estimate of drug-likeness (QED) is 0.660. The highest BCUT2D eigenvalue weighted by atomic mass is 19.3. The van der Waals surface area contributed by atoms with E-state index in [2.05, 4.69) is 4.98 Å². The van der Waals surface area contributed by atoms with E-state index in [0.29, 0.717) is 19.6 Å². The van der Waals surface area contributed by atoms with Gasteiger partial charge in [0.15, 0.2) is 5.82 Å². The van der Waals surface area contributed by atoms with Gasteiger partial charge in [-0.25, -0.2) is 8.78 Å². The van der Waals surface area contributed by atoms with E-state index in [9.17, 15) is 13.6 Å². The number of anilines is 2. The second-order valence-corrected chi connectivity index (χ2v) is 6.68. The van der Waals surface area contributed by atoms with Gasteiger partial charge < -0.3 is 9.80 Å². The van der Waals surface area contributed by atoms with Crippen molar-refractivity contribution in [3.63, 3.8) is 0 Å². The van der Waals surface area contributed by atoms with E-state index in [4.69, 9.17) is 5.10 Å². The average Bonchev–Trinajstić information content (AvgIpc) is 3.18. The van der Waals surface area contributed by atoms with Crippen molar-refractivity contribution in [2.24, 2.45) is 0 Å². The summed E-state index contributed by atoms with van der Waals surface area (Å²) in [7, 11) is 0. The first-order chi connectivity index (χ1) is 14.6. The van der Waals surface area contributed by atoms with E-state index >= 15 is 0 Å². The Labute approximate surface area is 177 Å². The van der Waals surface area contributed by atoms with Gasteiger partial charge in [0.25, 0.3) is 6.43 Å². The van der Waals surface area contributed by atoms with E-state index in [1.165, 1.54) is 6.07 Å². The fourth-order valence-corrected chi connectivity index (χ4v) is 3.88. The molecule has 2 aromatic heterocycles. The molecule has 0 radical (unpaired) electrons. The molecule has 0 N–H and O–H groups in total. The summed E-state index contributed by atoms with van der Waals surface area (Å²) in [5.41, 5.74) is 3.66. The predicted molar refractivity (Wildman–Crippen MR) is 115 cm³/mol. The summed E-state index contributed by atoms with van der Waals surface area (Å²) in [6.45, 7) is 12.7. The number of hydrogen-bond donors (Lipinski definition) is 0. The minimum absolute atomic E-state index is 0.214. The molecule has 0 unspecified atom stereocenters. The highest BCUT2D eigenvalue weighted by Crippen LogP contribution is 2.38. The van der Waals surface area contributed by atoms with E-state index in [0.717, 1.165) is 60.5 Å². The van der Waals surface area contributed by atoms with Crippen molar-refractivity contribution >= 4 is 17.9 Å². The topological polar surface area (TPSA) is 54.3 Å². The van der Waals surface area contributed by atoms with Crippen molar-refractivity contribution in [3.05, 3.63) is 34.8 Å². The smallest absolute Gasteiger partial charge is 0.280 e. The molecular formula is C22H33F2N5O. The molecule has 2 aliphatic heterocycles. The molecule has 2 aliphatic rings. The van der Waals surface area contributed by atoms with Crippen molar-refractivity contribution in [2.75, 3.05) is 18.0 Å². The minimum Gasteiger partial charge on any atom is -0.340 e. The van der Waals surface area contributed by atoms with Gasteiger partial charge in [-0.1, -0.05) is 27.7 Å². The van der Waals surface area contributed by atoms with Crippen LogP contribution < -0.4 is 4.90 Å². The average molecular weight is 422 g/mol. The van der Waals surface area contributed by atoms with Gasteiger partial charge in [-0.05, 0) is 31.4 Å². The van der Waals surface area contributed by atoms with Gasteiger partial charge in [-0.15, -0.1) is 0 Å². The minimum atomic E-state index is -2.60. The molecule has 0 aliphatic carbocycles. The molecule has 8 heteroatoms. The number of aryl methyl sites for hydroxylation is 2. The molecule has 0 saturated heterocycles. The Morgan fingerprint density at radius 3 is 2.53 bits per heavy atom. The number of fused-ring (bicyclic) bond motifs is 2. The summed E-state index contributed by atoms with van der Waals surface area (Å²) in [6, 6.07) is 1.48. The molecule has 0 saturated carbocycles. The van der Waals surface area contributed by atoms with E-state index in [1.54, 1.807) is 11.1 Å². The molecule has 2 aromatic rings. The number of aromatic nitrogens is 3. The molecule has 0 aromatic carbocycles. The normalized spacial score (nSPS) is 14.8. The van der Waals surface area contributed by atoms with E-state index < -0.39 is 6.43 Å². The van der Waals surface area contributed by atoms with Crippen LogP contribution in [0.1, 0.15) is 70.0 Å². The number of amides is 1. The maximum absolute atomic E-state index is 13.1. The molecule has 0 fully saturated rings. The van der Waals surface area contributed by atoms with Crippen molar-refractivity contribution in [1.82, 2.24) is 19.7 Å².